The van der Waals surface area contributed by atoms with E-state index in [1.165, 1.54) is 38.5 Å². The summed E-state index contributed by atoms with van der Waals surface area (Å²) in [4.78, 5) is 13.0. The van der Waals surface area contributed by atoms with Crippen molar-refractivity contribution in [2.45, 2.75) is 63.6 Å². The summed E-state index contributed by atoms with van der Waals surface area (Å²) in [7, 11) is 0. The van der Waals surface area contributed by atoms with Gasteiger partial charge in [0.15, 0.2) is 0 Å². The third kappa shape index (κ3) is 10.1. The molecule has 9 heteroatoms. The molecule has 1 saturated carbocycles. The Hall–Kier alpha value is -2.19. The van der Waals surface area contributed by atoms with Gasteiger partial charge in [0.2, 0.25) is 0 Å². The van der Waals surface area contributed by atoms with Gasteiger partial charge in [0.25, 0.3) is 0 Å². The molecule has 4 rings (SSSR count). The van der Waals surface area contributed by atoms with Crippen molar-refractivity contribution in [3.8, 4) is 11.5 Å². The molecule has 7 nitrogen and oxygen atoms in total. The number of anilines is 1. The molecule has 1 heterocycles. The number of amides is 1. The van der Waals surface area contributed by atoms with E-state index in [0.29, 0.717) is 33.8 Å². The van der Waals surface area contributed by atoms with Crippen LogP contribution < -0.4 is 14.8 Å². The standard InChI is InChI=1S/C21H24Cl2N2O5.C6H12/c22-17-6-5-16(11-18(17)23)30-15-7-9-25(10-8-15)12-14(26)13-29-20-4-2-1-3-19(20)24-21(27)28;1-2-4-6-5-3-1/h1-6,11,14-15,24,26H,7-10,12-13H2,(H,27,28);1-6H2. The summed E-state index contributed by atoms with van der Waals surface area (Å²) in [5, 5.41) is 22.5. The van der Waals surface area contributed by atoms with Gasteiger partial charge in [-0.15, -0.1) is 0 Å². The van der Waals surface area contributed by atoms with Crippen LogP contribution in [-0.4, -0.2) is 59.7 Å². The molecule has 0 aromatic heterocycles. The average Bonchev–Trinajstić information content (AvgIpc) is 2.88. The molecule has 2 aromatic carbocycles. The van der Waals surface area contributed by atoms with Crippen molar-refractivity contribution in [1.82, 2.24) is 4.90 Å². The third-order valence-electron chi connectivity index (χ3n) is 6.26. The minimum Gasteiger partial charge on any atom is -0.490 e. The van der Waals surface area contributed by atoms with Crippen LogP contribution in [0.2, 0.25) is 10.0 Å². The molecule has 198 valence electrons. The molecule has 1 aliphatic heterocycles. The van der Waals surface area contributed by atoms with Crippen LogP contribution in [0.4, 0.5) is 10.5 Å². The highest BCUT2D eigenvalue weighted by atomic mass is 35.5. The van der Waals surface area contributed by atoms with Gasteiger partial charge in [0.1, 0.15) is 30.3 Å². The number of halogens is 2. The van der Waals surface area contributed by atoms with Crippen molar-refractivity contribution in [3.63, 3.8) is 0 Å². The van der Waals surface area contributed by atoms with Gasteiger partial charge in [0.05, 0.1) is 15.7 Å². The summed E-state index contributed by atoms with van der Waals surface area (Å²) in [6.07, 6.45) is 8.88. The van der Waals surface area contributed by atoms with Crippen molar-refractivity contribution in [3.05, 3.63) is 52.5 Å². The second-order valence-electron chi connectivity index (χ2n) is 9.21. The quantitative estimate of drug-likeness (QED) is 0.346. The highest BCUT2D eigenvalue weighted by Crippen LogP contribution is 2.28. The number of piperidine rings is 1. The van der Waals surface area contributed by atoms with E-state index in [2.05, 4.69) is 10.2 Å². The van der Waals surface area contributed by atoms with Gasteiger partial charge >= 0.3 is 6.09 Å². The van der Waals surface area contributed by atoms with E-state index in [4.69, 9.17) is 37.8 Å². The lowest BCUT2D eigenvalue weighted by Gasteiger charge is -2.33. The van der Waals surface area contributed by atoms with Crippen molar-refractivity contribution >= 4 is 35.0 Å². The maximum atomic E-state index is 10.8. The summed E-state index contributed by atoms with van der Waals surface area (Å²) in [6.45, 7) is 2.12. The molecule has 1 aliphatic carbocycles. The summed E-state index contributed by atoms with van der Waals surface area (Å²) in [6, 6.07) is 12.0. The number of hydrogen-bond donors (Lipinski definition) is 3. The fourth-order valence-electron chi connectivity index (χ4n) is 4.36. The number of ether oxygens (including phenoxy) is 2. The predicted octanol–water partition coefficient (Wildman–Crippen LogP) is 6.71. The first-order valence-corrected chi connectivity index (χ1v) is 13.4. The molecule has 2 aliphatic rings. The Morgan fingerprint density at radius 2 is 1.64 bits per heavy atom. The molecule has 36 heavy (non-hydrogen) atoms. The topological polar surface area (TPSA) is 91.3 Å². The molecule has 0 spiro atoms. The molecular formula is C27H36Cl2N2O5. The summed E-state index contributed by atoms with van der Waals surface area (Å²) in [5.41, 5.74) is 0.345. The van der Waals surface area contributed by atoms with Crippen molar-refractivity contribution in [1.29, 1.82) is 0 Å². The maximum Gasteiger partial charge on any atom is 0.409 e. The first-order valence-electron chi connectivity index (χ1n) is 12.6. The van der Waals surface area contributed by atoms with E-state index in [1.807, 2.05) is 0 Å². The van der Waals surface area contributed by atoms with Crippen molar-refractivity contribution in [2.75, 3.05) is 31.6 Å². The minimum atomic E-state index is -1.17. The minimum absolute atomic E-state index is 0.0675. The van der Waals surface area contributed by atoms with E-state index in [1.54, 1.807) is 42.5 Å². The second kappa shape index (κ2) is 15.2. The van der Waals surface area contributed by atoms with E-state index >= 15 is 0 Å². The first-order chi connectivity index (χ1) is 17.4. The van der Waals surface area contributed by atoms with Crippen LogP contribution in [-0.2, 0) is 0 Å². The number of nitrogens with zero attached hydrogens (tertiary/aromatic N) is 1. The van der Waals surface area contributed by atoms with Gasteiger partial charge < -0.3 is 24.6 Å². The first kappa shape index (κ1) is 28.4. The Balaban J connectivity index is 0.000000526. The van der Waals surface area contributed by atoms with Crippen molar-refractivity contribution in [2.24, 2.45) is 0 Å². The summed E-state index contributed by atoms with van der Waals surface area (Å²) in [5.74, 6) is 1.08. The Morgan fingerprint density at radius 3 is 2.25 bits per heavy atom. The Labute approximate surface area is 223 Å². The van der Waals surface area contributed by atoms with Crippen LogP contribution in [0.15, 0.2) is 42.5 Å². The maximum absolute atomic E-state index is 10.8. The SMILES string of the molecule is C1CCCCC1.O=C(O)Nc1ccccc1OCC(O)CN1CCC(Oc2ccc(Cl)c(Cl)c2)CC1. The van der Waals surface area contributed by atoms with Crippen LogP contribution in [0.3, 0.4) is 0 Å². The highest BCUT2D eigenvalue weighted by Gasteiger charge is 2.23. The van der Waals surface area contributed by atoms with Crippen LogP contribution in [0, 0.1) is 0 Å². The number of aliphatic hydroxyl groups is 1. The monoisotopic (exact) mass is 538 g/mol. The summed E-state index contributed by atoms with van der Waals surface area (Å²) < 4.78 is 11.6. The summed E-state index contributed by atoms with van der Waals surface area (Å²) >= 11 is 12.0. The molecule has 0 radical (unpaired) electrons. The normalized spacial score (nSPS) is 17.4. The number of likely N-dealkylation sites (tertiary alicyclic amines) is 1. The van der Waals surface area contributed by atoms with E-state index in [9.17, 15) is 9.90 Å². The Kier molecular flexibility index (Phi) is 11.9. The zero-order chi connectivity index (χ0) is 25.8. The zero-order valence-electron chi connectivity index (χ0n) is 20.5. The number of rotatable bonds is 8. The fourth-order valence-corrected chi connectivity index (χ4v) is 4.65. The van der Waals surface area contributed by atoms with Gasteiger partial charge in [-0.2, -0.15) is 0 Å². The van der Waals surface area contributed by atoms with E-state index in [0.717, 1.165) is 25.9 Å². The van der Waals surface area contributed by atoms with Crippen LogP contribution in [0.1, 0.15) is 51.4 Å². The molecule has 2 aromatic rings. The second-order valence-corrected chi connectivity index (χ2v) is 10.0. The van der Waals surface area contributed by atoms with Crippen LogP contribution >= 0.6 is 23.2 Å². The molecule has 2 fully saturated rings. The third-order valence-corrected chi connectivity index (χ3v) is 7.00. The predicted molar refractivity (Wildman–Crippen MR) is 144 cm³/mol. The molecule has 1 atom stereocenters. The van der Waals surface area contributed by atoms with Crippen LogP contribution in [0.25, 0.3) is 0 Å². The largest absolute Gasteiger partial charge is 0.490 e. The molecule has 1 amide bonds. The molecule has 0 bridgehead atoms. The lowest BCUT2D eigenvalue weighted by Crippen LogP contribution is -2.43. The highest BCUT2D eigenvalue weighted by molar-refractivity contribution is 6.42. The zero-order valence-corrected chi connectivity index (χ0v) is 22.0. The lowest BCUT2D eigenvalue weighted by atomic mass is 10.0. The number of β-amino-alcohol motifs (C(OH)–C–C–N with tert-alkyl or cyclic N) is 1. The number of carbonyl (C=O) groups is 1. The molecule has 3 N–H and O–H groups in total. The van der Waals surface area contributed by atoms with E-state index < -0.39 is 12.2 Å². The fraction of sp³-hybridized carbons (Fsp3) is 0.519. The number of carboxylic acid groups (broad SMARTS) is 1. The number of hydrogen-bond acceptors (Lipinski definition) is 5. The Bertz CT molecular complexity index is 938. The van der Waals surface area contributed by atoms with Crippen molar-refractivity contribution < 1.29 is 24.5 Å². The molecule has 1 saturated heterocycles. The number of benzene rings is 2. The Morgan fingerprint density at radius 1 is 1.00 bits per heavy atom. The average molecular weight is 540 g/mol. The molecular weight excluding hydrogens is 503 g/mol. The smallest absolute Gasteiger partial charge is 0.409 e. The lowest BCUT2D eigenvalue weighted by molar-refractivity contribution is 0.0403. The molecule has 1 unspecified atom stereocenters. The number of nitrogens with one attached hydrogen (secondary N) is 1. The number of para-hydroxylation sites is 2. The van der Waals surface area contributed by atoms with Gasteiger partial charge in [-0.25, -0.2) is 4.79 Å². The van der Waals surface area contributed by atoms with Gasteiger partial charge in [-0.1, -0.05) is 73.9 Å². The van der Waals surface area contributed by atoms with Gasteiger partial charge in [-0.05, 0) is 37.1 Å². The van der Waals surface area contributed by atoms with Gasteiger partial charge in [-0.3, -0.25) is 5.32 Å². The van der Waals surface area contributed by atoms with Gasteiger partial charge in [0, 0.05) is 25.7 Å². The van der Waals surface area contributed by atoms with Crippen LogP contribution in [0.5, 0.6) is 11.5 Å². The number of aliphatic hydroxyl groups excluding tert-OH is 1. The van der Waals surface area contributed by atoms with E-state index in [-0.39, 0.29) is 12.7 Å².